The second kappa shape index (κ2) is 8.09. The maximum atomic E-state index is 13.4. The number of carbonyl (C=O) groups is 2. The first kappa shape index (κ1) is 21.0. The van der Waals surface area contributed by atoms with Crippen LogP contribution >= 0.6 is 0 Å². The summed E-state index contributed by atoms with van der Waals surface area (Å²) in [5.74, 6) is -1.43. The number of hydrogen-bond acceptors (Lipinski definition) is 5. The Morgan fingerprint density at radius 3 is 2.35 bits per heavy atom. The first-order valence-electron chi connectivity index (χ1n) is 9.50. The third-order valence-electron chi connectivity index (χ3n) is 5.07. The highest BCUT2D eigenvalue weighted by atomic mass is 32.2. The molecule has 160 valence electrons. The summed E-state index contributed by atoms with van der Waals surface area (Å²) in [6.45, 7) is 1.62. The van der Waals surface area contributed by atoms with Gasteiger partial charge < -0.3 is 4.42 Å². The molecule has 1 aromatic heterocycles. The van der Waals surface area contributed by atoms with Crippen LogP contribution in [0.1, 0.15) is 17.7 Å². The molecule has 2 aromatic carbocycles. The van der Waals surface area contributed by atoms with E-state index < -0.39 is 33.7 Å². The fourth-order valence-electron chi connectivity index (χ4n) is 3.47. The van der Waals surface area contributed by atoms with Crippen LogP contribution in [-0.2, 0) is 26.2 Å². The Balaban J connectivity index is 1.73. The molecular formula is C22H19FN2O5S. The molecule has 9 heteroatoms. The predicted octanol–water partition coefficient (Wildman–Crippen LogP) is 3.25. The van der Waals surface area contributed by atoms with Gasteiger partial charge in [-0.3, -0.25) is 9.59 Å². The van der Waals surface area contributed by atoms with Gasteiger partial charge in [0.25, 0.3) is 5.91 Å². The van der Waals surface area contributed by atoms with Crippen LogP contribution in [0.5, 0.6) is 0 Å². The van der Waals surface area contributed by atoms with E-state index in [-0.39, 0.29) is 17.9 Å². The van der Waals surface area contributed by atoms with Gasteiger partial charge in [0.05, 0.1) is 29.8 Å². The Bertz CT molecular complexity index is 1210. The van der Waals surface area contributed by atoms with Crippen molar-refractivity contribution < 1.29 is 26.8 Å². The average Bonchev–Trinajstić information content (AvgIpc) is 3.35. The maximum Gasteiger partial charge on any atom is 0.252 e. The van der Waals surface area contributed by atoms with Crippen molar-refractivity contribution in [3.8, 4) is 0 Å². The zero-order valence-corrected chi connectivity index (χ0v) is 17.4. The fraction of sp³-hybridized carbons (Fsp3) is 0.182. The molecule has 0 aliphatic carbocycles. The molecule has 1 aliphatic rings. The van der Waals surface area contributed by atoms with E-state index in [0.29, 0.717) is 11.4 Å². The normalized spacial score (nSPS) is 17.0. The summed E-state index contributed by atoms with van der Waals surface area (Å²) in [5.41, 5.74) is 1.33. The first-order chi connectivity index (χ1) is 14.8. The van der Waals surface area contributed by atoms with Gasteiger partial charge >= 0.3 is 0 Å². The van der Waals surface area contributed by atoms with E-state index in [1.165, 1.54) is 6.26 Å². The van der Waals surface area contributed by atoms with Gasteiger partial charge in [0.15, 0.2) is 0 Å². The van der Waals surface area contributed by atoms with Crippen molar-refractivity contribution in [1.29, 1.82) is 0 Å². The summed E-state index contributed by atoms with van der Waals surface area (Å²) in [4.78, 5) is 26.7. The summed E-state index contributed by atoms with van der Waals surface area (Å²) in [6.07, 6.45) is 1.08. The number of furan rings is 1. The van der Waals surface area contributed by atoms with Gasteiger partial charge in [0.1, 0.15) is 17.6 Å². The monoisotopic (exact) mass is 442 g/mol. The number of anilines is 1. The number of benzene rings is 2. The maximum absolute atomic E-state index is 13.4. The fourth-order valence-corrected chi connectivity index (χ4v) is 5.01. The van der Waals surface area contributed by atoms with Crippen LogP contribution in [0.15, 0.2) is 76.2 Å². The molecule has 1 atom stereocenters. The second-order valence-corrected chi connectivity index (χ2v) is 9.10. The molecule has 7 nitrogen and oxygen atoms in total. The number of nitrogens with zero attached hydrogens (tertiary/aromatic N) is 2. The molecule has 0 saturated carbocycles. The lowest BCUT2D eigenvalue weighted by atomic mass is 10.2. The number of hydrogen-bond donors (Lipinski definition) is 0. The minimum absolute atomic E-state index is 0.186. The number of carbonyl (C=O) groups excluding carboxylic acids is 2. The number of amides is 2. The van der Waals surface area contributed by atoms with Crippen LogP contribution in [0.4, 0.5) is 10.1 Å². The van der Waals surface area contributed by atoms with Crippen molar-refractivity contribution in [2.24, 2.45) is 0 Å². The van der Waals surface area contributed by atoms with Crippen LogP contribution in [0, 0.1) is 12.7 Å². The largest absolute Gasteiger partial charge is 0.468 e. The van der Waals surface area contributed by atoms with Gasteiger partial charge in [-0.05, 0) is 55.5 Å². The van der Waals surface area contributed by atoms with E-state index >= 15 is 0 Å². The van der Waals surface area contributed by atoms with Crippen molar-refractivity contribution in [1.82, 2.24) is 4.31 Å². The van der Waals surface area contributed by atoms with E-state index in [0.717, 1.165) is 39.0 Å². The third kappa shape index (κ3) is 4.01. The predicted molar refractivity (Wildman–Crippen MR) is 110 cm³/mol. The number of imide groups is 1. The lowest BCUT2D eigenvalue weighted by molar-refractivity contribution is -0.122. The first-order valence-corrected chi connectivity index (χ1v) is 10.9. The highest BCUT2D eigenvalue weighted by molar-refractivity contribution is 7.89. The molecule has 1 saturated heterocycles. The van der Waals surface area contributed by atoms with Gasteiger partial charge in [-0.1, -0.05) is 17.7 Å². The SMILES string of the molecule is Cc1ccc(N2C(=O)CC(N(Cc3ccco3)S(=O)(=O)c3ccc(F)cc3)C2=O)cc1. The van der Waals surface area contributed by atoms with Crippen LogP contribution in [-0.4, -0.2) is 30.6 Å². The molecule has 2 amide bonds. The van der Waals surface area contributed by atoms with Crippen LogP contribution < -0.4 is 4.90 Å². The Morgan fingerprint density at radius 1 is 1.06 bits per heavy atom. The molecule has 4 rings (SSSR count). The Labute approximate surface area is 178 Å². The quantitative estimate of drug-likeness (QED) is 0.547. The minimum Gasteiger partial charge on any atom is -0.468 e. The van der Waals surface area contributed by atoms with E-state index in [1.54, 1.807) is 36.4 Å². The van der Waals surface area contributed by atoms with Crippen LogP contribution in [0.3, 0.4) is 0 Å². The van der Waals surface area contributed by atoms with E-state index in [4.69, 9.17) is 4.42 Å². The van der Waals surface area contributed by atoms with Crippen molar-refractivity contribution in [3.05, 3.63) is 84.1 Å². The van der Waals surface area contributed by atoms with E-state index in [1.807, 2.05) is 6.92 Å². The molecule has 0 radical (unpaired) electrons. The van der Waals surface area contributed by atoms with Gasteiger partial charge in [-0.2, -0.15) is 4.31 Å². The number of aryl methyl sites for hydroxylation is 1. The molecule has 31 heavy (non-hydrogen) atoms. The summed E-state index contributed by atoms with van der Waals surface area (Å²) >= 11 is 0. The lowest BCUT2D eigenvalue weighted by Crippen LogP contribution is -2.45. The number of sulfonamides is 1. The molecule has 2 heterocycles. The molecule has 0 N–H and O–H groups in total. The number of halogens is 1. The zero-order chi connectivity index (χ0) is 22.2. The Hall–Kier alpha value is -3.30. The van der Waals surface area contributed by atoms with Crippen molar-refractivity contribution in [3.63, 3.8) is 0 Å². The standard InChI is InChI=1S/C22H19FN2O5S/c1-15-4-8-17(9-5-15)25-21(26)13-20(22(25)27)24(14-18-3-2-12-30-18)31(28,29)19-10-6-16(23)7-11-19/h2-12,20H,13-14H2,1H3. The van der Waals surface area contributed by atoms with Crippen molar-refractivity contribution >= 4 is 27.5 Å². The topological polar surface area (TPSA) is 87.9 Å². The van der Waals surface area contributed by atoms with Gasteiger partial charge in [-0.15, -0.1) is 0 Å². The lowest BCUT2D eigenvalue weighted by Gasteiger charge is -2.26. The molecule has 3 aromatic rings. The highest BCUT2D eigenvalue weighted by Crippen LogP contribution is 2.31. The second-order valence-electron chi connectivity index (χ2n) is 7.21. The van der Waals surface area contributed by atoms with Crippen molar-refractivity contribution in [2.45, 2.75) is 30.8 Å². The molecule has 1 fully saturated rings. The molecule has 0 spiro atoms. The molecule has 1 unspecified atom stereocenters. The average molecular weight is 442 g/mol. The third-order valence-corrected chi connectivity index (χ3v) is 6.94. The van der Waals surface area contributed by atoms with Gasteiger partial charge in [0, 0.05) is 0 Å². The summed E-state index contributed by atoms with van der Waals surface area (Å²) in [5, 5.41) is 0. The molecule has 0 bridgehead atoms. The zero-order valence-electron chi connectivity index (χ0n) is 16.6. The van der Waals surface area contributed by atoms with E-state index in [2.05, 4.69) is 0 Å². The van der Waals surface area contributed by atoms with Crippen LogP contribution in [0.2, 0.25) is 0 Å². The van der Waals surface area contributed by atoms with Crippen molar-refractivity contribution in [2.75, 3.05) is 4.90 Å². The highest BCUT2D eigenvalue weighted by Gasteiger charge is 2.47. The molecule has 1 aliphatic heterocycles. The Morgan fingerprint density at radius 2 is 1.74 bits per heavy atom. The minimum atomic E-state index is -4.24. The van der Waals surface area contributed by atoms with Gasteiger partial charge in [-0.25, -0.2) is 17.7 Å². The smallest absolute Gasteiger partial charge is 0.252 e. The summed E-state index contributed by atoms with van der Waals surface area (Å²) < 4.78 is 46.3. The number of rotatable bonds is 6. The summed E-state index contributed by atoms with van der Waals surface area (Å²) in [6, 6.07) is 13.0. The Kier molecular flexibility index (Phi) is 5.47. The van der Waals surface area contributed by atoms with Crippen LogP contribution in [0.25, 0.3) is 0 Å². The summed E-state index contributed by atoms with van der Waals surface area (Å²) in [7, 11) is -4.24. The van der Waals surface area contributed by atoms with E-state index in [9.17, 15) is 22.4 Å². The van der Waals surface area contributed by atoms with Gasteiger partial charge in [0.2, 0.25) is 15.9 Å². The molecular weight excluding hydrogens is 423 g/mol.